The molecule has 1 unspecified atom stereocenters. The number of hydrogen-bond acceptors (Lipinski definition) is 6. The van der Waals surface area contributed by atoms with Gasteiger partial charge >= 0.3 is 0 Å². The summed E-state index contributed by atoms with van der Waals surface area (Å²) in [6, 6.07) is 8.26. The van der Waals surface area contributed by atoms with Crippen LogP contribution >= 0.6 is 0 Å². The van der Waals surface area contributed by atoms with Crippen LogP contribution in [0.4, 0.5) is 11.5 Å². The Balaban J connectivity index is 1.65. The lowest BCUT2D eigenvalue weighted by Gasteiger charge is -2.37. The number of benzene rings is 1. The number of amides is 1. The van der Waals surface area contributed by atoms with Crippen LogP contribution in [0.25, 0.3) is 11.0 Å². The monoisotopic (exact) mass is 485 g/mol. The summed E-state index contributed by atoms with van der Waals surface area (Å²) in [5.74, 6) is 1.92. The van der Waals surface area contributed by atoms with Crippen molar-refractivity contribution in [3.05, 3.63) is 42.4 Å². The smallest absolute Gasteiger partial charge is 0.265 e. The Morgan fingerprint density at radius 1 is 1.21 bits per heavy atom. The molecule has 0 spiro atoms. The fourth-order valence-corrected chi connectivity index (χ4v) is 5.86. The molecule has 1 amide bonds. The molecule has 4 rings (SSSR count). The van der Waals surface area contributed by atoms with Gasteiger partial charge in [0.15, 0.2) is 0 Å². The standard InChI is InChI=1S/C24H31N5O4S/c1-24(2,3)22(16-9-11-33-12-10-16)23-27-19-7-5-17(13-20(19)28-23)29(4)34(31,32)18-6-8-21(25-14-18)26-15-30/h5-8,13-16,22H,9-12H2,1-4H3,(H,27,28)(H,25,26,30). The summed E-state index contributed by atoms with van der Waals surface area (Å²) < 4.78 is 33.1. The first-order valence-corrected chi connectivity index (χ1v) is 12.8. The zero-order valence-electron chi connectivity index (χ0n) is 19.9. The second kappa shape index (κ2) is 9.34. The number of carbonyl (C=O) groups excluding carboxylic acids is 1. The van der Waals surface area contributed by atoms with E-state index in [1.807, 2.05) is 12.1 Å². The van der Waals surface area contributed by atoms with Crippen LogP contribution in [0.5, 0.6) is 0 Å². The summed E-state index contributed by atoms with van der Waals surface area (Å²) in [5.41, 5.74) is 2.11. The van der Waals surface area contributed by atoms with Gasteiger partial charge in [0.05, 0.1) is 16.7 Å². The van der Waals surface area contributed by atoms with Gasteiger partial charge < -0.3 is 15.0 Å². The van der Waals surface area contributed by atoms with Crippen LogP contribution in [0, 0.1) is 11.3 Å². The van der Waals surface area contributed by atoms with Gasteiger partial charge in [-0.15, -0.1) is 0 Å². The molecule has 10 heteroatoms. The van der Waals surface area contributed by atoms with Gasteiger partial charge in [0.25, 0.3) is 10.0 Å². The highest BCUT2D eigenvalue weighted by molar-refractivity contribution is 7.92. The highest BCUT2D eigenvalue weighted by atomic mass is 32.2. The second-order valence-corrected chi connectivity index (χ2v) is 11.7. The predicted octanol–water partition coefficient (Wildman–Crippen LogP) is 3.91. The third-order valence-electron chi connectivity index (χ3n) is 6.41. The lowest BCUT2D eigenvalue weighted by Crippen LogP contribution is -2.31. The van der Waals surface area contributed by atoms with Crippen LogP contribution in [0.2, 0.25) is 0 Å². The van der Waals surface area contributed by atoms with E-state index in [0.29, 0.717) is 18.0 Å². The second-order valence-electron chi connectivity index (χ2n) is 9.73. The maximum absolute atomic E-state index is 13.1. The maximum atomic E-state index is 13.1. The molecule has 2 N–H and O–H groups in total. The predicted molar refractivity (Wildman–Crippen MR) is 131 cm³/mol. The fraction of sp³-hybridized carbons (Fsp3) is 0.458. The summed E-state index contributed by atoms with van der Waals surface area (Å²) in [5, 5.41) is 2.39. The van der Waals surface area contributed by atoms with E-state index < -0.39 is 10.0 Å². The Bertz CT molecular complexity index is 1260. The molecular weight excluding hydrogens is 454 g/mol. The van der Waals surface area contributed by atoms with Crippen molar-refractivity contribution in [1.82, 2.24) is 15.0 Å². The number of fused-ring (bicyclic) bond motifs is 1. The number of hydrogen-bond donors (Lipinski definition) is 2. The molecule has 2 aromatic heterocycles. The third-order valence-corrected chi connectivity index (χ3v) is 8.18. The molecule has 182 valence electrons. The number of nitrogens with zero attached hydrogens (tertiary/aromatic N) is 3. The third kappa shape index (κ3) is 4.78. The highest BCUT2D eigenvalue weighted by Crippen LogP contribution is 2.44. The van der Waals surface area contributed by atoms with Gasteiger partial charge in [0, 0.05) is 32.4 Å². The van der Waals surface area contributed by atoms with Gasteiger partial charge in [-0.3, -0.25) is 9.10 Å². The SMILES string of the molecule is CN(c1ccc2nc(C(C3CCOCC3)C(C)(C)C)[nH]c2c1)S(=O)(=O)c1ccc(NC=O)nc1. The van der Waals surface area contributed by atoms with Crippen molar-refractivity contribution >= 4 is 39.0 Å². The summed E-state index contributed by atoms with van der Waals surface area (Å²) in [6.07, 6.45) is 3.72. The van der Waals surface area contributed by atoms with Crippen molar-refractivity contribution in [1.29, 1.82) is 0 Å². The van der Waals surface area contributed by atoms with E-state index >= 15 is 0 Å². The number of sulfonamides is 1. The normalized spacial score (nSPS) is 16.4. The van der Waals surface area contributed by atoms with E-state index in [4.69, 9.17) is 9.72 Å². The number of ether oxygens (including phenoxy) is 1. The van der Waals surface area contributed by atoms with Crippen molar-refractivity contribution in [2.45, 2.75) is 44.4 Å². The molecule has 0 radical (unpaired) electrons. The molecule has 1 aliphatic heterocycles. The lowest BCUT2D eigenvalue weighted by atomic mass is 9.70. The van der Waals surface area contributed by atoms with Gasteiger partial charge in [-0.25, -0.2) is 18.4 Å². The van der Waals surface area contributed by atoms with E-state index in [2.05, 4.69) is 36.1 Å². The Hall–Kier alpha value is -2.98. The zero-order chi connectivity index (χ0) is 24.5. The van der Waals surface area contributed by atoms with Gasteiger partial charge in [-0.1, -0.05) is 20.8 Å². The van der Waals surface area contributed by atoms with Gasteiger partial charge in [0.2, 0.25) is 6.41 Å². The van der Waals surface area contributed by atoms with Crippen molar-refractivity contribution < 1.29 is 17.9 Å². The van der Waals surface area contributed by atoms with Crippen molar-refractivity contribution in [3.8, 4) is 0 Å². The number of rotatable bonds is 7. The topological polar surface area (TPSA) is 117 Å². The lowest BCUT2D eigenvalue weighted by molar-refractivity contribution is -0.105. The Kier molecular flexibility index (Phi) is 6.64. The van der Waals surface area contributed by atoms with Crippen LogP contribution in [-0.2, 0) is 19.6 Å². The summed E-state index contributed by atoms with van der Waals surface area (Å²) in [7, 11) is -2.33. The maximum Gasteiger partial charge on any atom is 0.265 e. The van der Waals surface area contributed by atoms with E-state index in [9.17, 15) is 13.2 Å². The van der Waals surface area contributed by atoms with Crippen molar-refractivity contribution in [2.75, 3.05) is 29.9 Å². The summed E-state index contributed by atoms with van der Waals surface area (Å²) in [6.45, 7) is 8.23. The molecule has 9 nitrogen and oxygen atoms in total. The van der Waals surface area contributed by atoms with E-state index in [1.165, 1.54) is 29.7 Å². The fourth-order valence-electron chi connectivity index (χ4n) is 4.73. The molecule has 1 aliphatic rings. The number of carbonyl (C=O) groups is 1. The molecule has 1 saturated heterocycles. The minimum atomic E-state index is -3.84. The molecule has 1 atom stereocenters. The summed E-state index contributed by atoms with van der Waals surface area (Å²) in [4.78, 5) is 22.9. The van der Waals surface area contributed by atoms with Crippen molar-refractivity contribution in [2.24, 2.45) is 11.3 Å². The first-order chi connectivity index (χ1) is 16.1. The first-order valence-electron chi connectivity index (χ1n) is 11.3. The van der Waals surface area contributed by atoms with E-state index in [1.54, 1.807) is 6.07 Å². The van der Waals surface area contributed by atoms with Crippen LogP contribution in [0.3, 0.4) is 0 Å². The molecule has 1 aromatic carbocycles. The quantitative estimate of drug-likeness (QED) is 0.490. The average molecular weight is 486 g/mol. The molecule has 3 aromatic rings. The Morgan fingerprint density at radius 2 is 1.94 bits per heavy atom. The zero-order valence-corrected chi connectivity index (χ0v) is 20.7. The molecule has 34 heavy (non-hydrogen) atoms. The Morgan fingerprint density at radius 3 is 2.56 bits per heavy atom. The van der Waals surface area contributed by atoms with E-state index in [-0.39, 0.29) is 22.0 Å². The highest BCUT2D eigenvalue weighted by Gasteiger charge is 2.36. The van der Waals surface area contributed by atoms with Crippen LogP contribution in [0.15, 0.2) is 41.4 Å². The minimum Gasteiger partial charge on any atom is -0.381 e. The molecule has 1 fully saturated rings. The first kappa shape index (κ1) is 24.2. The molecule has 0 bridgehead atoms. The molecular formula is C24H31N5O4S. The minimum absolute atomic E-state index is 0.0106. The van der Waals surface area contributed by atoms with Crippen LogP contribution in [0.1, 0.15) is 45.4 Å². The van der Waals surface area contributed by atoms with Gasteiger partial charge in [0.1, 0.15) is 16.5 Å². The molecule has 0 aliphatic carbocycles. The van der Waals surface area contributed by atoms with Gasteiger partial charge in [-0.05, 0) is 54.5 Å². The van der Waals surface area contributed by atoms with Crippen molar-refractivity contribution in [3.63, 3.8) is 0 Å². The summed E-state index contributed by atoms with van der Waals surface area (Å²) >= 11 is 0. The number of nitrogens with one attached hydrogen (secondary N) is 2. The Labute approximate surface area is 200 Å². The number of aromatic amines is 1. The number of H-pyrrole nitrogens is 1. The number of pyridine rings is 1. The number of imidazole rings is 1. The molecule has 3 heterocycles. The van der Waals surface area contributed by atoms with Gasteiger partial charge in [-0.2, -0.15) is 0 Å². The molecule has 0 saturated carbocycles. The van der Waals surface area contributed by atoms with E-state index in [0.717, 1.165) is 42.9 Å². The average Bonchev–Trinajstić information content (AvgIpc) is 3.21. The van der Waals surface area contributed by atoms with Crippen LogP contribution in [-0.4, -0.2) is 50.0 Å². The number of anilines is 2. The van der Waals surface area contributed by atoms with Crippen LogP contribution < -0.4 is 9.62 Å². The number of aromatic nitrogens is 3. The largest absolute Gasteiger partial charge is 0.381 e.